The van der Waals surface area contributed by atoms with Gasteiger partial charge in [0.15, 0.2) is 0 Å². The summed E-state index contributed by atoms with van der Waals surface area (Å²) in [6.45, 7) is 4.99. The molecule has 6 rings (SSSR count). The van der Waals surface area contributed by atoms with Crippen LogP contribution in [0, 0.1) is 13.8 Å². The molecule has 0 fully saturated rings. The molecule has 8 heteroatoms. The molecule has 1 unspecified atom stereocenters. The predicted molar refractivity (Wildman–Crippen MR) is 146 cm³/mol. The molecule has 2 aromatic heterocycles. The molecule has 39 heavy (non-hydrogen) atoms. The van der Waals surface area contributed by atoms with Crippen molar-refractivity contribution in [2.24, 2.45) is 0 Å². The third-order valence-electron chi connectivity index (χ3n) is 7.19. The molecule has 2 heterocycles. The van der Waals surface area contributed by atoms with E-state index in [1.54, 1.807) is 19.1 Å². The second-order valence-corrected chi connectivity index (χ2v) is 9.93. The van der Waals surface area contributed by atoms with Gasteiger partial charge in [0, 0.05) is 5.56 Å². The Morgan fingerprint density at radius 3 is 1.79 bits per heavy atom. The van der Waals surface area contributed by atoms with Gasteiger partial charge in [0.2, 0.25) is 0 Å². The molecule has 0 saturated carbocycles. The summed E-state index contributed by atoms with van der Waals surface area (Å²) in [6, 6.07) is 24.5. The second-order valence-electron chi connectivity index (χ2n) is 9.93. The standard InChI is InChI=1S/C31H25F3N4O/c1-18-4-10-23(11-5-18)39-24-12-6-20(7-13-24)29-37-26-15-9-22(17-28(26)38-29)30(3,31(32,33)34)21-8-14-25-27(16-21)36-19(2)35-25/h4-17H,1-3H3,(H,35,36)(H,37,38). The first-order valence-electron chi connectivity index (χ1n) is 12.5. The van der Waals surface area contributed by atoms with Crippen molar-refractivity contribution in [1.29, 1.82) is 0 Å². The molecule has 2 N–H and O–H groups in total. The van der Waals surface area contributed by atoms with Crippen LogP contribution in [0.3, 0.4) is 0 Å². The largest absolute Gasteiger partial charge is 0.457 e. The number of hydrogen-bond acceptors (Lipinski definition) is 3. The minimum Gasteiger partial charge on any atom is -0.457 e. The van der Waals surface area contributed by atoms with Crippen LogP contribution in [0.2, 0.25) is 0 Å². The Morgan fingerprint density at radius 2 is 1.21 bits per heavy atom. The summed E-state index contributed by atoms with van der Waals surface area (Å²) in [4.78, 5) is 15.2. The Kier molecular flexibility index (Phi) is 5.71. The molecule has 0 spiro atoms. The van der Waals surface area contributed by atoms with Crippen LogP contribution in [0.15, 0.2) is 84.9 Å². The molecular weight excluding hydrogens is 501 g/mol. The van der Waals surface area contributed by atoms with Crippen LogP contribution in [0.5, 0.6) is 11.5 Å². The van der Waals surface area contributed by atoms with Crippen LogP contribution < -0.4 is 4.74 Å². The number of benzene rings is 4. The van der Waals surface area contributed by atoms with Gasteiger partial charge >= 0.3 is 6.18 Å². The maximum absolute atomic E-state index is 14.7. The van der Waals surface area contributed by atoms with E-state index >= 15 is 0 Å². The van der Waals surface area contributed by atoms with Gasteiger partial charge in [0.1, 0.15) is 28.6 Å². The molecule has 0 radical (unpaired) electrons. The highest BCUT2D eigenvalue weighted by Gasteiger charge is 2.53. The maximum atomic E-state index is 14.7. The molecule has 196 valence electrons. The zero-order chi connectivity index (χ0) is 27.4. The number of nitrogens with one attached hydrogen (secondary N) is 2. The van der Waals surface area contributed by atoms with Gasteiger partial charge in [-0.1, -0.05) is 29.8 Å². The van der Waals surface area contributed by atoms with Crippen LogP contribution >= 0.6 is 0 Å². The topological polar surface area (TPSA) is 66.6 Å². The minimum atomic E-state index is -4.55. The van der Waals surface area contributed by atoms with E-state index in [-0.39, 0.29) is 11.1 Å². The van der Waals surface area contributed by atoms with E-state index in [0.29, 0.717) is 39.5 Å². The minimum absolute atomic E-state index is 0.106. The van der Waals surface area contributed by atoms with Crippen molar-refractivity contribution in [2.75, 3.05) is 0 Å². The van der Waals surface area contributed by atoms with Crippen LogP contribution in [-0.2, 0) is 5.41 Å². The first-order valence-corrected chi connectivity index (χ1v) is 12.5. The van der Waals surface area contributed by atoms with E-state index in [2.05, 4.69) is 19.9 Å². The van der Waals surface area contributed by atoms with Crippen molar-refractivity contribution in [2.45, 2.75) is 32.4 Å². The Balaban J connectivity index is 1.34. The number of hydrogen-bond donors (Lipinski definition) is 2. The first-order chi connectivity index (χ1) is 18.6. The molecule has 0 aliphatic rings. The number of halogens is 3. The number of nitrogens with zero attached hydrogens (tertiary/aromatic N) is 2. The van der Waals surface area contributed by atoms with E-state index in [4.69, 9.17) is 4.74 Å². The van der Waals surface area contributed by atoms with Crippen molar-refractivity contribution in [1.82, 2.24) is 19.9 Å². The Hall–Kier alpha value is -4.59. The fraction of sp³-hybridized carbons (Fsp3) is 0.161. The van der Waals surface area contributed by atoms with Crippen molar-refractivity contribution in [3.63, 3.8) is 0 Å². The summed E-state index contributed by atoms with van der Waals surface area (Å²) in [7, 11) is 0. The molecule has 6 aromatic rings. The fourth-order valence-corrected chi connectivity index (χ4v) is 4.82. The van der Waals surface area contributed by atoms with Crippen molar-refractivity contribution in [3.05, 3.63) is 107 Å². The van der Waals surface area contributed by atoms with Gasteiger partial charge in [-0.15, -0.1) is 0 Å². The lowest BCUT2D eigenvalue weighted by molar-refractivity contribution is -0.173. The molecule has 5 nitrogen and oxygen atoms in total. The smallest absolute Gasteiger partial charge is 0.402 e. The lowest BCUT2D eigenvalue weighted by atomic mass is 9.75. The van der Waals surface area contributed by atoms with Gasteiger partial charge in [0.05, 0.1) is 22.1 Å². The molecule has 0 aliphatic carbocycles. The van der Waals surface area contributed by atoms with Crippen molar-refractivity contribution < 1.29 is 17.9 Å². The third kappa shape index (κ3) is 4.41. The van der Waals surface area contributed by atoms with E-state index in [1.165, 1.54) is 31.2 Å². The number of H-pyrrole nitrogens is 2. The predicted octanol–water partition coefficient (Wildman–Crippen LogP) is 8.38. The number of imidazole rings is 2. The molecule has 1 atom stereocenters. The van der Waals surface area contributed by atoms with Crippen LogP contribution in [0.25, 0.3) is 33.5 Å². The number of aromatic nitrogens is 4. The quantitative estimate of drug-likeness (QED) is 0.237. The molecule has 0 bridgehead atoms. The average Bonchev–Trinajstić information content (AvgIpc) is 3.51. The van der Waals surface area contributed by atoms with Gasteiger partial charge in [-0.25, -0.2) is 9.97 Å². The monoisotopic (exact) mass is 526 g/mol. The van der Waals surface area contributed by atoms with Gasteiger partial charge in [0.25, 0.3) is 0 Å². The van der Waals surface area contributed by atoms with E-state index < -0.39 is 11.6 Å². The summed E-state index contributed by atoms with van der Waals surface area (Å²) in [5.74, 6) is 2.62. The summed E-state index contributed by atoms with van der Waals surface area (Å²) < 4.78 is 50.0. The number of ether oxygens (including phenoxy) is 1. The van der Waals surface area contributed by atoms with Gasteiger partial charge < -0.3 is 14.7 Å². The summed E-state index contributed by atoms with van der Waals surface area (Å²) in [6.07, 6.45) is -4.55. The molecule has 0 saturated heterocycles. The molecule has 4 aromatic carbocycles. The highest BCUT2D eigenvalue weighted by molar-refractivity contribution is 5.81. The SMILES string of the molecule is Cc1ccc(Oc2ccc(-c3nc4cc(C(C)(c5ccc6[nH]c(C)nc6c5)C(F)(F)F)ccc4[nH]3)cc2)cc1. The summed E-state index contributed by atoms with van der Waals surface area (Å²) >= 11 is 0. The van der Waals surface area contributed by atoms with E-state index in [0.717, 1.165) is 16.9 Å². The number of aromatic amines is 2. The second kappa shape index (κ2) is 9.01. The number of fused-ring (bicyclic) bond motifs is 2. The van der Waals surface area contributed by atoms with Crippen molar-refractivity contribution in [3.8, 4) is 22.9 Å². The summed E-state index contributed by atoms with van der Waals surface area (Å²) in [5.41, 5.74) is 2.21. The van der Waals surface area contributed by atoms with Crippen LogP contribution in [-0.4, -0.2) is 26.1 Å². The van der Waals surface area contributed by atoms with Gasteiger partial charge in [-0.2, -0.15) is 13.2 Å². The van der Waals surface area contributed by atoms with E-state index in [1.807, 2.05) is 55.5 Å². The number of aryl methyl sites for hydroxylation is 2. The fourth-order valence-electron chi connectivity index (χ4n) is 4.82. The Morgan fingerprint density at radius 1 is 0.667 bits per heavy atom. The highest BCUT2D eigenvalue weighted by Crippen LogP contribution is 2.47. The number of rotatable bonds is 5. The Labute approximate surface area is 222 Å². The first kappa shape index (κ1) is 24.7. The lowest BCUT2D eigenvalue weighted by Crippen LogP contribution is -2.40. The summed E-state index contributed by atoms with van der Waals surface area (Å²) in [5, 5.41) is 0. The van der Waals surface area contributed by atoms with Gasteiger partial charge in [-0.05, 0) is 92.6 Å². The zero-order valence-electron chi connectivity index (χ0n) is 21.5. The Bertz CT molecular complexity index is 1800. The van der Waals surface area contributed by atoms with E-state index in [9.17, 15) is 13.2 Å². The lowest BCUT2D eigenvalue weighted by Gasteiger charge is -2.33. The van der Waals surface area contributed by atoms with Crippen molar-refractivity contribution >= 4 is 22.1 Å². The molecule has 0 aliphatic heterocycles. The maximum Gasteiger partial charge on any atom is 0.402 e. The zero-order valence-corrected chi connectivity index (χ0v) is 21.5. The van der Waals surface area contributed by atoms with Crippen LogP contribution in [0.4, 0.5) is 13.2 Å². The molecular formula is C31H25F3N4O. The highest BCUT2D eigenvalue weighted by atomic mass is 19.4. The van der Waals surface area contributed by atoms with Crippen LogP contribution in [0.1, 0.15) is 29.4 Å². The third-order valence-corrected chi connectivity index (χ3v) is 7.19. The number of alkyl halides is 3. The molecule has 0 amide bonds. The normalized spacial score (nSPS) is 13.6. The average molecular weight is 527 g/mol. The van der Waals surface area contributed by atoms with Gasteiger partial charge in [-0.3, -0.25) is 0 Å².